The number of hydrogen-bond donors (Lipinski definition) is 1. The molecular weight excluding hydrogens is 388 g/mol. The first-order chi connectivity index (χ1) is 12.4. The van der Waals surface area contributed by atoms with Crippen LogP contribution in [0.15, 0.2) is 71.2 Å². The summed E-state index contributed by atoms with van der Waals surface area (Å²) in [5.41, 5.74) is 2.98. The largest absolute Gasteiger partial charge is 0.328 e. The molecule has 0 aromatic heterocycles. The Kier molecular flexibility index (Phi) is 5.52. The third-order valence-electron chi connectivity index (χ3n) is 5.14. The third kappa shape index (κ3) is 3.85. The minimum Gasteiger partial charge on any atom is -0.328 e. The lowest BCUT2D eigenvalue weighted by Gasteiger charge is -2.45. The molecule has 1 fully saturated rings. The van der Waals surface area contributed by atoms with Crippen LogP contribution in [0, 0.1) is 0 Å². The van der Waals surface area contributed by atoms with Gasteiger partial charge in [0.2, 0.25) is 0 Å². The third-order valence-corrected chi connectivity index (χ3v) is 5.67. The molecule has 0 radical (unpaired) electrons. The van der Waals surface area contributed by atoms with Crippen LogP contribution in [0.1, 0.15) is 43.9 Å². The second-order valence-electron chi connectivity index (χ2n) is 7.18. The van der Waals surface area contributed by atoms with Gasteiger partial charge in [-0.1, -0.05) is 64.0 Å². The molecule has 0 unspecified atom stereocenters. The van der Waals surface area contributed by atoms with Crippen LogP contribution in [0.25, 0.3) is 0 Å². The highest BCUT2D eigenvalue weighted by Crippen LogP contribution is 2.36. The highest BCUT2D eigenvalue weighted by molar-refractivity contribution is 9.10. The predicted molar refractivity (Wildman–Crippen MR) is 110 cm³/mol. The molecule has 2 aromatic carbocycles. The quantitative estimate of drug-likeness (QED) is 0.619. The van der Waals surface area contributed by atoms with E-state index in [9.17, 15) is 4.79 Å². The lowest BCUT2D eigenvalue weighted by Crippen LogP contribution is -2.58. The molecular formula is C22H25BrN2O. The maximum absolute atomic E-state index is 13.0. The first-order valence-corrected chi connectivity index (χ1v) is 9.75. The van der Waals surface area contributed by atoms with Crippen molar-refractivity contribution >= 4 is 22.0 Å². The minimum absolute atomic E-state index is 0.0169. The second-order valence-corrected chi connectivity index (χ2v) is 8.10. The molecule has 26 heavy (non-hydrogen) atoms. The number of nitrogens with one attached hydrogen (secondary N) is 1. The van der Waals surface area contributed by atoms with E-state index in [1.165, 1.54) is 0 Å². The zero-order valence-electron chi connectivity index (χ0n) is 15.3. The standard InChI is InChI=1S/C22H25BrN2O/c1-16(2)15-22(19-7-5-4-6-8-19)13-14-25(21(26)24-22)17(3)18-9-11-20(23)12-10-18/h4-12,17H,1,13-15H2,2-3H3,(H,24,26)/t17-,22-/m0/s1. The fourth-order valence-electron chi connectivity index (χ4n) is 3.77. The second kappa shape index (κ2) is 7.67. The van der Waals surface area contributed by atoms with Crippen LogP contribution in [0.3, 0.4) is 0 Å². The van der Waals surface area contributed by atoms with Crippen LogP contribution < -0.4 is 5.32 Å². The Bertz CT molecular complexity index is 788. The van der Waals surface area contributed by atoms with Gasteiger partial charge in [-0.25, -0.2) is 4.79 Å². The maximum atomic E-state index is 13.0. The van der Waals surface area contributed by atoms with Crippen LogP contribution in [0.2, 0.25) is 0 Å². The molecule has 3 rings (SSSR count). The van der Waals surface area contributed by atoms with Crippen molar-refractivity contribution in [2.75, 3.05) is 6.54 Å². The molecule has 1 aliphatic rings. The molecule has 2 atom stereocenters. The van der Waals surface area contributed by atoms with E-state index in [2.05, 4.69) is 59.0 Å². The average molecular weight is 413 g/mol. The topological polar surface area (TPSA) is 32.3 Å². The number of rotatable bonds is 5. The summed E-state index contributed by atoms with van der Waals surface area (Å²) in [6, 6.07) is 18.4. The Hall–Kier alpha value is -2.07. The smallest absolute Gasteiger partial charge is 0.318 e. The highest BCUT2D eigenvalue weighted by atomic mass is 79.9. The Labute approximate surface area is 164 Å². The molecule has 136 valence electrons. The first-order valence-electron chi connectivity index (χ1n) is 8.95. The van der Waals surface area contributed by atoms with E-state index in [0.29, 0.717) is 6.54 Å². The Balaban J connectivity index is 1.84. The molecule has 4 heteroatoms. The van der Waals surface area contributed by atoms with Crippen LogP contribution in [-0.2, 0) is 5.54 Å². The summed E-state index contributed by atoms with van der Waals surface area (Å²) < 4.78 is 1.04. The minimum atomic E-state index is -0.375. The van der Waals surface area contributed by atoms with Crippen LogP contribution in [0.5, 0.6) is 0 Å². The van der Waals surface area contributed by atoms with Gasteiger partial charge in [0.05, 0.1) is 11.6 Å². The lowest BCUT2D eigenvalue weighted by molar-refractivity contribution is 0.125. The van der Waals surface area contributed by atoms with Crippen molar-refractivity contribution in [3.8, 4) is 0 Å². The fourth-order valence-corrected chi connectivity index (χ4v) is 4.03. The molecule has 1 aliphatic heterocycles. The number of carbonyl (C=O) groups is 1. The van der Waals surface area contributed by atoms with Crippen molar-refractivity contribution in [3.05, 3.63) is 82.3 Å². The van der Waals surface area contributed by atoms with Gasteiger partial charge in [0.15, 0.2) is 0 Å². The normalized spacial score (nSPS) is 21.2. The number of hydrogen-bond acceptors (Lipinski definition) is 1. The first kappa shape index (κ1) is 18.7. The van der Waals surface area contributed by atoms with Crippen LogP contribution >= 0.6 is 15.9 Å². The van der Waals surface area contributed by atoms with E-state index in [0.717, 1.165) is 34.0 Å². The van der Waals surface area contributed by atoms with Gasteiger partial charge in [-0.2, -0.15) is 0 Å². The zero-order chi connectivity index (χ0) is 18.7. The van der Waals surface area contributed by atoms with Gasteiger partial charge in [-0.05, 0) is 49.9 Å². The van der Waals surface area contributed by atoms with Gasteiger partial charge in [-0.3, -0.25) is 0 Å². The number of amides is 2. The van der Waals surface area contributed by atoms with Gasteiger partial charge in [0.25, 0.3) is 0 Å². The van der Waals surface area contributed by atoms with E-state index in [1.807, 2.05) is 42.2 Å². The summed E-state index contributed by atoms with van der Waals surface area (Å²) in [4.78, 5) is 14.9. The molecule has 0 bridgehead atoms. The summed E-state index contributed by atoms with van der Waals surface area (Å²) in [5.74, 6) is 0. The van der Waals surface area contributed by atoms with Crippen LogP contribution in [0.4, 0.5) is 4.79 Å². The molecule has 0 saturated carbocycles. The molecule has 1 heterocycles. The van der Waals surface area contributed by atoms with E-state index >= 15 is 0 Å². The van der Waals surface area contributed by atoms with E-state index in [1.54, 1.807) is 0 Å². The van der Waals surface area contributed by atoms with Gasteiger partial charge in [0, 0.05) is 11.0 Å². The molecule has 0 aliphatic carbocycles. The Morgan fingerprint density at radius 1 is 1.23 bits per heavy atom. The van der Waals surface area contributed by atoms with E-state index < -0.39 is 0 Å². The number of nitrogens with zero attached hydrogens (tertiary/aromatic N) is 1. The summed E-state index contributed by atoms with van der Waals surface area (Å²) in [5, 5.41) is 3.31. The van der Waals surface area contributed by atoms with E-state index in [-0.39, 0.29) is 17.6 Å². The highest BCUT2D eigenvalue weighted by Gasteiger charge is 2.40. The average Bonchev–Trinajstić information content (AvgIpc) is 2.62. The number of benzene rings is 2. The monoisotopic (exact) mass is 412 g/mol. The molecule has 1 N–H and O–H groups in total. The summed E-state index contributed by atoms with van der Waals surface area (Å²) >= 11 is 3.46. The van der Waals surface area contributed by atoms with Crippen molar-refractivity contribution in [2.45, 2.75) is 38.3 Å². The predicted octanol–water partition coefficient (Wildman–Crippen LogP) is 5.79. The Morgan fingerprint density at radius 2 is 1.88 bits per heavy atom. The van der Waals surface area contributed by atoms with Gasteiger partial charge >= 0.3 is 6.03 Å². The van der Waals surface area contributed by atoms with Crippen LogP contribution in [-0.4, -0.2) is 17.5 Å². The van der Waals surface area contributed by atoms with Crippen molar-refractivity contribution in [2.24, 2.45) is 0 Å². The molecule has 2 aromatic rings. The lowest BCUT2D eigenvalue weighted by atomic mass is 9.80. The molecule has 3 nitrogen and oxygen atoms in total. The number of halogens is 1. The van der Waals surface area contributed by atoms with Crippen molar-refractivity contribution < 1.29 is 4.79 Å². The van der Waals surface area contributed by atoms with Crippen molar-refractivity contribution in [1.82, 2.24) is 10.2 Å². The maximum Gasteiger partial charge on any atom is 0.318 e. The van der Waals surface area contributed by atoms with Crippen molar-refractivity contribution in [1.29, 1.82) is 0 Å². The summed E-state index contributed by atoms with van der Waals surface area (Å²) in [6.45, 7) is 8.90. The summed E-state index contributed by atoms with van der Waals surface area (Å²) in [7, 11) is 0. The van der Waals surface area contributed by atoms with Crippen molar-refractivity contribution in [3.63, 3.8) is 0 Å². The Morgan fingerprint density at radius 3 is 2.46 bits per heavy atom. The van der Waals surface area contributed by atoms with E-state index in [4.69, 9.17) is 0 Å². The summed E-state index contributed by atoms with van der Waals surface area (Å²) in [6.07, 6.45) is 1.61. The van der Waals surface area contributed by atoms with Gasteiger partial charge in [-0.15, -0.1) is 6.58 Å². The molecule has 2 amide bonds. The van der Waals surface area contributed by atoms with Gasteiger partial charge in [0.1, 0.15) is 0 Å². The van der Waals surface area contributed by atoms with Gasteiger partial charge < -0.3 is 10.2 Å². The molecule has 1 saturated heterocycles. The molecule has 0 spiro atoms. The fraction of sp³-hybridized carbons (Fsp3) is 0.318. The SMILES string of the molecule is C=C(C)C[C@]1(c2ccccc2)CCN([C@@H](C)c2ccc(Br)cc2)C(=O)N1. The number of urea groups is 1. The zero-order valence-corrected chi connectivity index (χ0v) is 16.9. The number of carbonyl (C=O) groups excluding carboxylic acids is 1.